The van der Waals surface area contributed by atoms with Crippen LogP contribution in [0.25, 0.3) is 0 Å². The Morgan fingerprint density at radius 1 is 1.53 bits per heavy atom. The van der Waals surface area contributed by atoms with Gasteiger partial charge in [0, 0.05) is 26.2 Å². The maximum absolute atomic E-state index is 12.6. The molecule has 0 saturated carbocycles. The van der Waals surface area contributed by atoms with Crippen LogP contribution < -0.4 is 11.1 Å². The molecule has 1 aliphatic rings. The molecule has 2 heterocycles. The van der Waals surface area contributed by atoms with Gasteiger partial charge in [0.15, 0.2) is 5.13 Å². The van der Waals surface area contributed by atoms with E-state index >= 15 is 0 Å². The summed E-state index contributed by atoms with van der Waals surface area (Å²) >= 11 is 1.32. The van der Waals surface area contributed by atoms with Gasteiger partial charge in [-0.3, -0.25) is 4.79 Å². The van der Waals surface area contributed by atoms with Crippen LogP contribution in [0.4, 0.5) is 10.9 Å². The van der Waals surface area contributed by atoms with Crippen molar-refractivity contribution in [3.63, 3.8) is 0 Å². The zero-order valence-corrected chi connectivity index (χ0v) is 12.5. The van der Waals surface area contributed by atoms with Crippen molar-refractivity contribution in [2.75, 3.05) is 44.8 Å². The summed E-state index contributed by atoms with van der Waals surface area (Å²) < 4.78 is 0. The van der Waals surface area contributed by atoms with Crippen molar-refractivity contribution >= 4 is 28.2 Å². The summed E-state index contributed by atoms with van der Waals surface area (Å²) in [6, 6.07) is 0.194. The molecule has 1 aromatic heterocycles. The van der Waals surface area contributed by atoms with E-state index in [-0.39, 0.29) is 11.9 Å². The summed E-state index contributed by atoms with van der Waals surface area (Å²) in [6.45, 7) is 4.77. The number of likely N-dealkylation sites (N-methyl/N-ethyl adjacent to an activating group) is 1. The molecule has 2 rings (SSSR count). The Labute approximate surface area is 117 Å². The van der Waals surface area contributed by atoms with Crippen LogP contribution in [-0.2, 0) is 0 Å². The molecule has 1 aliphatic heterocycles. The molecular formula is C12H21N5OS. The van der Waals surface area contributed by atoms with Crippen LogP contribution >= 0.6 is 11.3 Å². The number of nitrogens with two attached hydrogens (primary N) is 1. The summed E-state index contributed by atoms with van der Waals surface area (Å²) in [6.07, 6.45) is 0.990. The molecule has 0 bridgehead atoms. The molecule has 1 amide bonds. The van der Waals surface area contributed by atoms with Crippen molar-refractivity contribution in [3.05, 3.63) is 4.88 Å². The first-order valence-electron chi connectivity index (χ1n) is 6.46. The molecular weight excluding hydrogens is 262 g/mol. The highest BCUT2D eigenvalue weighted by Crippen LogP contribution is 2.27. The van der Waals surface area contributed by atoms with Gasteiger partial charge in [0.1, 0.15) is 10.7 Å². The Kier molecular flexibility index (Phi) is 4.26. The van der Waals surface area contributed by atoms with Gasteiger partial charge in [0.25, 0.3) is 5.91 Å². The number of thiazole rings is 1. The van der Waals surface area contributed by atoms with Crippen molar-refractivity contribution in [3.8, 4) is 0 Å². The first kappa shape index (κ1) is 14.1. The van der Waals surface area contributed by atoms with Crippen LogP contribution in [0, 0.1) is 0 Å². The second kappa shape index (κ2) is 5.75. The molecule has 6 nitrogen and oxygen atoms in total. The van der Waals surface area contributed by atoms with Crippen molar-refractivity contribution in [2.45, 2.75) is 19.4 Å². The van der Waals surface area contributed by atoms with Crippen molar-refractivity contribution < 1.29 is 4.79 Å². The molecule has 1 aromatic rings. The minimum absolute atomic E-state index is 0.000648. The quantitative estimate of drug-likeness (QED) is 0.845. The van der Waals surface area contributed by atoms with Crippen LogP contribution in [0.15, 0.2) is 0 Å². The van der Waals surface area contributed by atoms with Gasteiger partial charge in [-0.25, -0.2) is 4.98 Å². The lowest BCUT2D eigenvalue weighted by molar-refractivity contribution is 0.0702. The van der Waals surface area contributed by atoms with Crippen LogP contribution in [-0.4, -0.2) is 60.5 Å². The summed E-state index contributed by atoms with van der Waals surface area (Å²) in [5.74, 6) is 0.323. The number of anilines is 2. The topological polar surface area (TPSA) is 74.5 Å². The molecule has 0 spiro atoms. The van der Waals surface area contributed by atoms with E-state index < -0.39 is 0 Å². The normalized spacial score (nSPS) is 21.2. The lowest BCUT2D eigenvalue weighted by atomic mass is 10.2. The average Bonchev–Trinajstić information content (AvgIpc) is 2.66. The van der Waals surface area contributed by atoms with Gasteiger partial charge in [-0.2, -0.15) is 0 Å². The molecule has 0 aromatic carbocycles. The third-order valence-electron chi connectivity index (χ3n) is 3.37. The third kappa shape index (κ3) is 2.98. The number of aromatic nitrogens is 1. The first-order valence-corrected chi connectivity index (χ1v) is 7.28. The highest BCUT2D eigenvalue weighted by molar-refractivity contribution is 7.18. The molecule has 3 N–H and O–H groups in total. The Morgan fingerprint density at radius 3 is 2.89 bits per heavy atom. The van der Waals surface area contributed by atoms with Gasteiger partial charge in [0.2, 0.25) is 0 Å². The molecule has 1 atom stereocenters. The van der Waals surface area contributed by atoms with E-state index in [9.17, 15) is 4.79 Å². The predicted octanol–water partition coefficient (Wildman–Crippen LogP) is 0.933. The van der Waals surface area contributed by atoms with Gasteiger partial charge >= 0.3 is 0 Å². The van der Waals surface area contributed by atoms with E-state index in [4.69, 9.17) is 5.73 Å². The third-order valence-corrected chi connectivity index (χ3v) is 4.45. The van der Waals surface area contributed by atoms with E-state index in [1.165, 1.54) is 11.3 Å². The lowest BCUT2D eigenvalue weighted by Gasteiger charge is -2.27. The number of nitrogens with zero attached hydrogens (tertiary/aromatic N) is 3. The summed E-state index contributed by atoms with van der Waals surface area (Å²) in [5.41, 5.74) is 5.84. The fraction of sp³-hybridized carbons (Fsp3) is 0.667. The SMILES string of the molecule is CNc1nc(N)c(C(=O)N2CCCN(C)CC2C)s1. The van der Waals surface area contributed by atoms with Crippen LogP contribution in [0.3, 0.4) is 0 Å². The fourth-order valence-corrected chi connectivity index (χ4v) is 3.19. The lowest BCUT2D eigenvalue weighted by Crippen LogP contribution is -2.41. The van der Waals surface area contributed by atoms with E-state index in [2.05, 4.69) is 29.2 Å². The fourth-order valence-electron chi connectivity index (χ4n) is 2.40. The standard InChI is InChI=1S/C12H21N5OS/c1-8-7-16(3)5-4-6-17(8)11(18)9-10(13)15-12(14-2)19-9/h8H,4-7,13H2,1-3H3,(H,14,15). The number of rotatable bonds is 2. The van der Waals surface area contributed by atoms with Crippen LogP contribution in [0.1, 0.15) is 23.0 Å². The minimum Gasteiger partial charge on any atom is -0.382 e. The number of carbonyl (C=O) groups is 1. The monoisotopic (exact) mass is 283 g/mol. The van der Waals surface area contributed by atoms with Crippen molar-refractivity contribution in [1.82, 2.24) is 14.8 Å². The van der Waals surface area contributed by atoms with Crippen LogP contribution in [0.2, 0.25) is 0 Å². The number of nitrogen functional groups attached to an aromatic ring is 1. The maximum Gasteiger partial charge on any atom is 0.268 e. The van der Waals surface area contributed by atoms with E-state index in [0.29, 0.717) is 15.8 Å². The largest absolute Gasteiger partial charge is 0.382 e. The molecule has 1 saturated heterocycles. The van der Waals surface area contributed by atoms with Crippen LogP contribution in [0.5, 0.6) is 0 Å². The van der Waals surface area contributed by atoms with Gasteiger partial charge < -0.3 is 20.9 Å². The molecule has 0 radical (unpaired) electrons. The average molecular weight is 283 g/mol. The molecule has 106 valence electrons. The van der Waals surface area contributed by atoms with Gasteiger partial charge in [-0.05, 0) is 26.9 Å². The van der Waals surface area contributed by atoms with Crippen molar-refractivity contribution in [2.24, 2.45) is 0 Å². The molecule has 19 heavy (non-hydrogen) atoms. The molecule has 7 heteroatoms. The van der Waals surface area contributed by atoms with Crippen molar-refractivity contribution in [1.29, 1.82) is 0 Å². The highest BCUT2D eigenvalue weighted by atomic mass is 32.1. The second-order valence-electron chi connectivity index (χ2n) is 4.95. The van der Waals surface area contributed by atoms with E-state index in [1.807, 2.05) is 4.90 Å². The highest BCUT2D eigenvalue weighted by Gasteiger charge is 2.28. The number of hydrogen-bond acceptors (Lipinski definition) is 6. The maximum atomic E-state index is 12.6. The minimum atomic E-state index is -0.000648. The second-order valence-corrected chi connectivity index (χ2v) is 5.95. The summed E-state index contributed by atoms with van der Waals surface area (Å²) in [7, 11) is 3.86. The Hall–Kier alpha value is -1.34. The molecule has 1 unspecified atom stereocenters. The Balaban J connectivity index is 2.19. The summed E-state index contributed by atoms with van der Waals surface area (Å²) in [5, 5.41) is 3.61. The summed E-state index contributed by atoms with van der Waals surface area (Å²) in [4.78, 5) is 21.4. The zero-order chi connectivity index (χ0) is 14.0. The number of amides is 1. The Bertz CT molecular complexity index is 461. The molecule has 0 aliphatic carbocycles. The van der Waals surface area contributed by atoms with Gasteiger partial charge in [-0.15, -0.1) is 0 Å². The molecule has 1 fully saturated rings. The smallest absolute Gasteiger partial charge is 0.268 e. The first-order chi connectivity index (χ1) is 9.02. The zero-order valence-electron chi connectivity index (χ0n) is 11.6. The number of hydrogen-bond donors (Lipinski definition) is 2. The van der Waals surface area contributed by atoms with E-state index in [1.54, 1.807) is 7.05 Å². The van der Waals surface area contributed by atoms with Gasteiger partial charge in [0.05, 0.1) is 0 Å². The predicted molar refractivity (Wildman–Crippen MR) is 78.7 cm³/mol. The number of nitrogens with one attached hydrogen (secondary N) is 1. The van der Waals surface area contributed by atoms with E-state index in [0.717, 1.165) is 26.1 Å². The Morgan fingerprint density at radius 2 is 2.26 bits per heavy atom. The number of carbonyl (C=O) groups excluding carboxylic acids is 1. The van der Waals surface area contributed by atoms with Gasteiger partial charge in [-0.1, -0.05) is 11.3 Å².